The van der Waals surface area contributed by atoms with Crippen molar-refractivity contribution in [1.29, 1.82) is 0 Å². The molecule has 0 aliphatic rings. The molecule has 0 N–H and O–H groups in total. The standard InChI is InChI=1S/C20H21N3O3/c1-4-22(5-2)20(25)18-21-16-8-6-7-9-17(16)23(18)19(24)14-10-12-15(26-3)13-11-14/h6-13H,4-5H2,1-3H3. The molecule has 3 aromatic rings. The molecule has 134 valence electrons. The van der Waals surface area contributed by atoms with Crippen LogP contribution in [0.3, 0.4) is 0 Å². The molecule has 1 amide bonds. The summed E-state index contributed by atoms with van der Waals surface area (Å²) in [6.45, 7) is 4.91. The number of methoxy groups -OCH3 is 1. The van der Waals surface area contributed by atoms with E-state index in [-0.39, 0.29) is 17.6 Å². The molecule has 6 heteroatoms. The fraction of sp³-hybridized carbons (Fsp3) is 0.250. The molecule has 0 saturated heterocycles. The Hall–Kier alpha value is -3.15. The summed E-state index contributed by atoms with van der Waals surface area (Å²) in [5.74, 6) is 0.247. The van der Waals surface area contributed by atoms with Gasteiger partial charge >= 0.3 is 0 Å². The second kappa shape index (κ2) is 7.39. The Morgan fingerprint density at radius 1 is 1.04 bits per heavy atom. The average molecular weight is 351 g/mol. The van der Waals surface area contributed by atoms with E-state index in [1.54, 1.807) is 48.4 Å². The van der Waals surface area contributed by atoms with Crippen LogP contribution in [0, 0.1) is 0 Å². The first kappa shape index (κ1) is 17.7. The number of hydrogen-bond acceptors (Lipinski definition) is 4. The number of ether oxygens (including phenoxy) is 1. The van der Waals surface area contributed by atoms with Crippen molar-refractivity contribution in [2.24, 2.45) is 0 Å². The monoisotopic (exact) mass is 351 g/mol. The Morgan fingerprint density at radius 3 is 2.31 bits per heavy atom. The third kappa shape index (κ3) is 3.06. The number of hydrogen-bond donors (Lipinski definition) is 0. The van der Waals surface area contributed by atoms with Crippen molar-refractivity contribution in [2.45, 2.75) is 13.8 Å². The van der Waals surface area contributed by atoms with Gasteiger partial charge in [0.05, 0.1) is 18.1 Å². The lowest BCUT2D eigenvalue weighted by Crippen LogP contribution is -2.33. The van der Waals surface area contributed by atoms with Gasteiger partial charge in [0.2, 0.25) is 5.82 Å². The highest BCUT2D eigenvalue weighted by molar-refractivity contribution is 6.07. The van der Waals surface area contributed by atoms with Crippen LogP contribution in [0.2, 0.25) is 0 Å². The number of imidazole rings is 1. The number of para-hydroxylation sites is 2. The third-order valence-electron chi connectivity index (χ3n) is 4.34. The van der Waals surface area contributed by atoms with Crippen LogP contribution in [-0.2, 0) is 0 Å². The Bertz CT molecular complexity index is 941. The number of aromatic nitrogens is 2. The van der Waals surface area contributed by atoms with E-state index in [0.717, 1.165) is 0 Å². The van der Waals surface area contributed by atoms with Gasteiger partial charge in [-0.2, -0.15) is 0 Å². The fourth-order valence-electron chi connectivity index (χ4n) is 2.89. The van der Waals surface area contributed by atoms with E-state index in [1.807, 2.05) is 26.0 Å². The Morgan fingerprint density at radius 2 is 1.69 bits per heavy atom. The van der Waals surface area contributed by atoms with Gasteiger partial charge in [-0.05, 0) is 50.2 Å². The number of carbonyl (C=O) groups is 2. The Labute approximate surface area is 152 Å². The molecule has 0 bridgehead atoms. The van der Waals surface area contributed by atoms with Crippen molar-refractivity contribution in [1.82, 2.24) is 14.5 Å². The molecule has 0 saturated carbocycles. The maximum absolute atomic E-state index is 13.2. The van der Waals surface area contributed by atoms with E-state index in [4.69, 9.17) is 4.74 Å². The van der Waals surface area contributed by atoms with E-state index in [2.05, 4.69) is 4.98 Å². The van der Waals surface area contributed by atoms with E-state index in [0.29, 0.717) is 35.4 Å². The van der Waals surface area contributed by atoms with Gasteiger partial charge in [-0.3, -0.25) is 14.2 Å². The van der Waals surface area contributed by atoms with Crippen LogP contribution >= 0.6 is 0 Å². The zero-order valence-electron chi connectivity index (χ0n) is 15.1. The SMILES string of the molecule is CCN(CC)C(=O)c1nc2ccccc2n1C(=O)c1ccc(OC)cc1. The summed E-state index contributed by atoms with van der Waals surface area (Å²) in [4.78, 5) is 32.1. The second-order valence-corrected chi connectivity index (χ2v) is 5.77. The zero-order valence-corrected chi connectivity index (χ0v) is 15.1. The van der Waals surface area contributed by atoms with Crippen molar-refractivity contribution in [3.63, 3.8) is 0 Å². The second-order valence-electron chi connectivity index (χ2n) is 5.77. The molecule has 2 aromatic carbocycles. The number of carbonyl (C=O) groups excluding carboxylic acids is 2. The highest BCUT2D eigenvalue weighted by atomic mass is 16.5. The maximum Gasteiger partial charge on any atom is 0.290 e. The lowest BCUT2D eigenvalue weighted by atomic mass is 10.2. The van der Waals surface area contributed by atoms with Crippen molar-refractivity contribution < 1.29 is 14.3 Å². The van der Waals surface area contributed by atoms with Crippen molar-refractivity contribution in [3.05, 3.63) is 59.9 Å². The number of nitrogens with zero attached hydrogens (tertiary/aromatic N) is 3. The van der Waals surface area contributed by atoms with Gasteiger partial charge in [0.25, 0.3) is 11.8 Å². The number of fused-ring (bicyclic) bond motifs is 1. The smallest absolute Gasteiger partial charge is 0.290 e. The minimum atomic E-state index is -0.295. The van der Waals surface area contributed by atoms with Gasteiger partial charge in [-0.25, -0.2) is 4.98 Å². The minimum Gasteiger partial charge on any atom is -0.497 e. The fourth-order valence-corrected chi connectivity index (χ4v) is 2.89. The molecular weight excluding hydrogens is 330 g/mol. The summed E-state index contributed by atoms with van der Waals surface area (Å²) >= 11 is 0. The topological polar surface area (TPSA) is 64.4 Å². The summed E-state index contributed by atoms with van der Waals surface area (Å²) in [5, 5.41) is 0. The molecule has 0 spiro atoms. The average Bonchev–Trinajstić information content (AvgIpc) is 3.08. The van der Waals surface area contributed by atoms with Gasteiger partial charge < -0.3 is 9.64 Å². The summed E-state index contributed by atoms with van der Waals surface area (Å²) in [6.07, 6.45) is 0. The number of rotatable bonds is 5. The first-order valence-electron chi connectivity index (χ1n) is 8.56. The molecule has 3 rings (SSSR count). The maximum atomic E-state index is 13.2. The highest BCUT2D eigenvalue weighted by Gasteiger charge is 2.25. The quantitative estimate of drug-likeness (QED) is 0.708. The molecule has 0 fully saturated rings. The molecule has 6 nitrogen and oxygen atoms in total. The van der Waals surface area contributed by atoms with E-state index >= 15 is 0 Å². The summed E-state index contributed by atoms with van der Waals surface area (Å²) < 4.78 is 6.54. The summed E-state index contributed by atoms with van der Waals surface area (Å²) in [7, 11) is 1.57. The van der Waals surface area contributed by atoms with E-state index in [1.165, 1.54) is 4.57 Å². The van der Waals surface area contributed by atoms with Crippen LogP contribution in [0.4, 0.5) is 0 Å². The van der Waals surface area contributed by atoms with Crippen LogP contribution in [0.1, 0.15) is 34.8 Å². The lowest BCUT2D eigenvalue weighted by Gasteiger charge is -2.18. The summed E-state index contributed by atoms with van der Waals surface area (Å²) in [5.41, 5.74) is 1.69. The van der Waals surface area contributed by atoms with Gasteiger partial charge in [-0.15, -0.1) is 0 Å². The van der Waals surface area contributed by atoms with Crippen molar-refractivity contribution >= 4 is 22.8 Å². The molecule has 26 heavy (non-hydrogen) atoms. The lowest BCUT2D eigenvalue weighted by molar-refractivity contribution is 0.0745. The minimum absolute atomic E-state index is 0.135. The largest absolute Gasteiger partial charge is 0.497 e. The van der Waals surface area contributed by atoms with Crippen LogP contribution < -0.4 is 4.74 Å². The van der Waals surface area contributed by atoms with Crippen LogP contribution in [0.15, 0.2) is 48.5 Å². The molecule has 1 aromatic heterocycles. The van der Waals surface area contributed by atoms with E-state index < -0.39 is 0 Å². The van der Waals surface area contributed by atoms with Gasteiger partial charge in [0.1, 0.15) is 5.75 Å². The Balaban J connectivity index is 2.14. The first-order chi connectivity index (χ1) is 12.6. The zero-order chi connectivity index (χ0) is 18.7. The van der Waals surface area contributed by atoms with Gasteiger partial charge in [0.15, 0.2) is 0 Å². The van der Waals surface area contributed by atoms with Crippen LogP contribution in [0.5, 0.6) is 5.75 Å². The predicted octanol–water partition coefficient (Wildman–Crippen LogP) is 3.22. The molecule has 1 heterocycles. The molecular formula is C20H21N3O3. The van der Waals surface area contributed by atoms with Crippen molar-refractivity contribution in [3.8, 4) is 5.75 Å². The molecule has 0 radical (unpaired) electrons. The molecule has 0 aliphatic carbocycles. The van der Waals surface area contributed by atoms with Gasteiger partial charge in [0, 0.05) is 18.7 Å². The predicted molar refractivity (Wildman–Crippen MR) is 99.7 cm³/mol. The normalized spacial score (nSPS) is 10.7. The third-order valence-corrected chi connectivity index (χ3v) is 4.34. The highest BCUT2D eigenvalue weighted by Crippen LogP contribution is 2.20. The number of benzene rings is 2. The van der Waals surface area contributed by atoms with Gasteiger partial charge in [-0.1, -0.05) is 12.1 Å². The van der Waals surface area contributed by atoms with Crippen LogP contribution in [-0.4, -0.2) is 46.5 Å². The molecule has 0 aliphatic heterocycles. The van der Waals surface area contributed by atoms with Crippen molar-refractivity contribution in [2.75, 3.05) is 20.2 Å². The molecule has 0 unspecified atom stereocenters. The summed E-state index contributed by atoms with van der Waals surface area (Å²) in [6, 6.07) is 14.1. The first-order valence-corrected chi connectivity index (χ1v) is 8.56. The van der Waals surface area contributed by atoms with E-state index in [9.17, 15) is 9.59 Å². The Kier molecular flexibility index (Phi) is 5.02. The van der Waals surface area contributed by atoms with Crippen LogP contribution in [0.25, 0.3) is 11.0 Å². The molecule has 0 atom stereocenters. The number of amides is 1.